The van der Waals surface area contributed by atoms with Crippen LogP contribution in [0.25, 0.3) is 0 Å². The van der Waals surface area contributed by atoms with Gasteiger partial charge in [0.25, 0.3) is 0 Å². The molecule has 17 heavy (non-hydrogen) atoms. The third-order valence-electron chi connectivity index (χ3n) is 3.09. The smallest absolute Gasteiger partial charge is 0.190 e. The van der Waals surface area contributed by atoms with Crippen molar-refractivity contribution in [2.75, 3.05) is 13.2 Å². The molecule has 1 aliphatic carbocycles. The zero-order chi connectivity index (χ0) is 12.3. The van der Waals surface area contributed by atoms with Crippen LogP contribution in [-0.2, 0) is 4.74 Å². The van der Waals surface area contributed by atoms with Crippen molar-refractivity contribution in [3.8, 4) is 0 Å². The van der Waals surface area contributed by atoms with Gasteiger partial charge in [-0.25, -0.2) is 0 Å². The molecule has 0 saturated heterocycles. The van der Waals surface area contributed by atoms with Gasteiger partial charge in [0, 0.05) is 12.2 Å². The molecule has 1 heterocycles. The maximum atomic E-state index is 11.8. The highest BCUT2D eigenvalue weighted by Crippen LogP contribution is 2.32. The van der Waals surface area contributed by atoms with E-state index in [1.807, 2.05) is 6.07 Å². The van der Waals surface area contributed by atoms with Gasteiger partial charge >= 0.3 is 0 Å². The maximum absolute atomic E-state index is 11.8. The summed E-state index contributed by atoms with van der Waals surface area (Å²) in [6, 6.07) is 1.84. The molecular weight excluding hydrogens is 368 g/mol. The Hall–Kier alpha value is 0.290. The molecule has 1 aromatic rings. The van der Waals surface area contributed by atoms with Crippen LogP contribution in [0, 0.1) is 5.92 Å². The molecule has 0 unspecified atom stereocenters. The number of ether oxygens (including phenoxy) is 1. The van der Waals surface area contributed by atoms with Crippen LogP contribution in [0.3, 0.4) is 0 Å². The minimum absolute atomic E-state index is 0.0486. The third-order valence-corrected chi connectivity index (χ3v) is 5.42. The van der Waals surface area contributed by atoms with E-state index < -0.39 is 0 Å². The van der Waals surface area contributed by atoms with Crippen molar-refractivity contribution in [3.63, 3.8) is 0 Å². The molecule has 0 spiro atoms. The van der Waals surface area contributed by atoms with E-state index in [1.165, 1.54) is 30.6 Å². The van der Waals surface area contributed by atoms with E-state index in [4.69, 9.17) is 4.74 Å². The molecule has 0 aliphatic heterocycles. The Morgan fingerprint density at radius 1 is 1.47 bits per heavy atom. The predicted molar refractivity (Wildman–Crippen MR) is 76.8 cm³/mol. The van der Waals surface area contributed by atoms with Gasteiger partial charge in [-0.2, -0.15) is 0 Å². The van der Waals surface area contributed by atoms with Gasteiger partial charge < -0.3 is 4.74 Å². The number of carbonyl (C=O) groups is 1. The SMILES string of the molecule is O=C(COCCC1CCC1)c1cc(Br)sc1Br. The Balaban J connectivity index is 1.71. The van der Waals surface area contributed by atoms with E-state index in [-0.39, 0.29) is 12.4 Å². The zero-order valence-corrected chi connectivity index (χ0v) is 13.4. The average Bonchev–Trinajstić information content (AvgIpc) is 2.54. The second-order valence-electron chi connectivity index (χ2n) is 4.30. The monoisotopic (exact) mass is 380 g/mol. The Labute approximate surface area is 122 Å². The van der Waals surface area contributed by atoms with Crippen LogP contribution < -0.4 is 0 Å². The Bertz CT molecular complexity index is 399. The number of hydrogen-bond acceptors (Lipinski definition) is 3. The van der Waals surface area contributed by atoms with Crippen LogP contribution in [0.5, 0.6) is 0 Å². The van der Waals surface area contributed by atoms with E-state index in [0.29, 0.717) is 12.2 Å². The largest absolute Gasteiger partial charge is 0.373 e. The number of halogens is 2. The second-order valence-corrected chi connectivity index (χ2v) is 8.05. The lowest BCUT2D eigenvalue weighted by Crippen LogP contribution is -2.15. The highest BCUT2D eigenvalue weighted by Gasteiger charge is 2.17. The first-order chi connectivity index (χ1) is 8.16. The van der Waals surface area contributed by atoms with Gasteiger partial charge in [-0.1, -0.05) is 19.3 Å². The van der Waals surface area contributed by atoms with Gasteiger partial charge in [0.05, 0.1) is 7.57 Å². The van der Waals surface area contributed by atoms with E-state index in [1.54, 1.807) is 0 Å². The highest BCUT2D eigenvalue weighted by atomic mass is 79.9. The normalized spacial score (nSPS) is 15.9. The summed E-state index contributed by atoms with van der Waals surface area (Å²) in [6.07, 6.45) is 5.13. The van der Waals surface area contributed by atoms with Gasteiger partial charge in [-0.15, -0.1) is 11.3 Å². The number of rotatable bonds is 6. The molecule has 0 aromatic carbocycles. The van der Waals surface area contributed by atoms with Crippen LogP contribution in [0.2, 0.25) is 0 Å². The van der Waals surface area contributed by atoms with Gasteiger partial charge in [0.15, 0.2) is 5.78 Å². The van der Waals surface area contributed by atoms with E-state index in [9.17, 15) is 4.79 Å². The fourth-order valence-corrected chi connectivity index (χ4v) is 4.66. The molecule has 2 nitrogen and oxygen atoms in total. The molecule has 5 heteroatoms. The average molecular weight is 382 g/mol. The summed E-state index contributed by atoms with van der Waals surface area (Å²) in [5, 5.41) is 0. The lowest BCUT2D eigenvalue weighted by Gasteiger charge is -2.24. The second kappa shape index (κ2) is 6.45. The molecule has 1 aliphatic rings. The molecule has 0 amide bonds. The van der Waals surface area contributed by atoms with Gasteiger partial charge in [-0.3, -0.25) is 4.79 Å². The van der Waals surface area contributed by atoms with Gasteiger partial charge in [0.1, 0.15) is 6.61 Å². The van der Waals surface area contributed by atoms with Crippen molar-refractivity contribution in [3.05, 3.63) is 19.2 Å². The number of carbonyl (C=O) groups excluding carboxylic acids is 1. The Morgan fingerprint density at radius 2 is 2.24 bits per heavy atom. The molecule has 1 saturated carbocycles. The molecule has 0 atom stereocenters. The lowest BCUT2D eigenvalue weighted by atomic mass is 9.83. The van der Waals surface area contributed by atoms with Crippen LogP contribution in [0.15, 0.2) is 13.6 Å². The van der Waals surface area contributed by atoms with Crippen LogP contribution >= 0.6 is 43.2 Å². The number of Topliss-reactive ketones (excluding diaryl/α,β-unsaturated/α-hetero) is 1. The first kappa shape index (κ1) is 13.7. The fourth-order valence-electron chi connectivity index (χ4n) is 1.80. The highest BCUT2D eigenvalue weighted by molar-refractivity contribution is 9.12. The van der Waals surface area contributed by atoms with Crippen molar-refractivity contribution >= 4 is 49.0 Å². The third kappa shape index (κ3) is 3.88. The minimum atomic E-state index is 0.0486. The summed E-state index contributed by atoms with van der Waals surface area (Å²) in [4.78, 5) is 11.8. The molecule has 0 bridgehead atoms. The molecular formula is C12H14Br2O2S. The van der Waals surface area contributed by atoms with Crippen LogP contribution in [0.4, 0.5) is 0 Å². The summed E-state index contributed by atoms with van der Waals surface area (Å²) in [7, 11) is 0. The van der Waals surface area contributed by atoms with Crippen molar-refractivity contribution in [1.29, 1.82) is 0 Å². The summed E-state index contributed by atoms with van der Waals surface area (Å²) < 4.78 is 7.27. The quantitative estimate of drug-likeness (QED) is 0.529. The van der Waals surface area contributed by atoms with Gasteiger partial charge in [0.2, 0.25) is 0 Å². The molecule has 94 valence electrons. The van der Waals surface area contributed by atoms with E-state index >= 15 is 0 Å². The summed E-state index contributed by atoms with van der Waals surface area (Å²) in [5.74, 6) is 0.888. The van der Waals surface area contributed by atoms with E-state index in [0.717, 1.165) is 19.9 Å². The van der Waals surface area contributed by atoms with Crippen LogP contribution in [0.1, 0.15) is 36.0 Å². The summed E-state index contributed by atoms with van der Waals surface area (Å²) >= 11 is 8.26. The first-order valence-corrected chi connectivity index (χ1v) is 8.13. The van der Waals surface area contributed by atoms with Crippen molar-refractivity contribution in [1.82, 2.24) is 0 Å². The maximum Gasteiger partial charge on any atom is 0.190 e. The topological polar surface area (TPSA) is 26.3 Å². The Morgan fingerprint density at radius 3 is 2.76 bits per heavy atom. The van der Waals surface area contributed by atoms with Crippen molar-refractivity contribution in [2.24, 2.45) is 5.92 Å². The predicted octanol–water partition coefficient (Wildman–Crippen LogP) is 4.66. The summed E-state index contributed by atoms with van der Waals surface area (Å²) in [6.45, 7) is 0.897. The molecule has 2 rings (SSSR count). The number of thiophene rings is 1. The van der Waals surface area contributed by atoms with Crippen molar-refractivity contribution in [2.45, 2.75) is 25.7 Å². The number of ketones is 1. The standard InChI is InChI=1S/C12H14Br2O2S/c13-11-6-9(12(14)17-11)10(15)7-16-5-4-8-2-1-3-8/h6,8H,1-5,7H2. The minimum Gasteiger partial charge on any atom is -0.373 e. The van der Waals surface area contributed by atoms with Gasteiger partial charge in [-0.05, 0) is 50.3 Å². The number of hydrogen-bond donors (Lipinski definition) is 0. The summed E-state index contributed by atoms with van der Waals surface area (Å²) in [5.41, 5.74) is 0.713. The molecule has 0 radical (unpaired) electrons. The fraction of sp³-hybridized carbons (Fsp3) is 0.583. The van der Waals surface area contributed by atoms with Crippen LogP contribution in [-0.4, -0.2) is 19.0 Å². The van der Waals surface area contributed by atoms with E-state index in [2.05, 4.69) is 31.9 Å². The molecule has 0 N–H and O–H groups in total. The Kier molecular flexibility index (Phi) is 5.21. The first-order valence-electron chi connectivity index (χ1n) is 5.72. The molecule has 1 fully saturated rings. The van der Waals surface area contributed by atoms with Crippen molar-refractivity contribution < 1.29 is 9.53 Å². The lowest BCUT2D eigenvalue weighted by molar-refractivity contribution is 0.0704. The molecule has 1 aromatic heterocycles. The zero-order valence-electron chi connectivity index (χ0n) is 9.38.